The molecule has 1 aromatic rings. The third-order valence-electron chi connectivity index (χ3n) is 4.08. The summed E-state index contributed by atoms with van der Waals surface area (Å²) in [5, 5.41) is 3.04. The van der Waals surface area contributed by atoms with Gasteiger partial charge in [-0.05, 0) is 44.1 Å². The first-order valence-corrected chi connectivity index (χ1v) is 9.21. The molecule has 1 saturated carbocycles. The molecule has 1 unspecified atom stereocenters. The molecule has 0 radical (unpaired) electrons. The fourth-order valence-electron chi connectivity index (χ4n) is 2.86. The van der Waals surface area contributed by atoms with Crippen LogP contribution < -0.4 is 5.32 Å². The number of amides is 1. The molecule has 1 aliphatic carbocycles. The molecule has 1 aromatic carbocycles. The lowest BCUT2D eigenvalue weighted by Crippen LogP contribution is -2.39. The van der Waals surface area contributed by atoms with Crippen molar-refractivity contribution in [1.29, 1.82) is 0 Å². The van der Waals surface area contributed by atoms with Crippen LogP contribution in [0.1, 0.15) is 43.7 Å². The predicted octanol–water partition coefficient (Wildman–Crippen LogP) is 2.94. The van der Waals surface area contributed by atoms with E-state index in [-0.39, 0.29) is 17.7 Å². The highest BCUT2D eigenvalue weighted by molar-refractivity contribution is 7.84. The van der Waals surface area contributed by atoms with Gasteiger partial charge in [-0.1, -0.05) is 36.8 Å². The van der Waals surface area contributed by atoms with Gasteiger partial charge in [0.25, 0.3) is 0 Å². The minimum atomic E-state index is -1.13. The van der Waals surface area contributed by atoms with Crippen LogP contribution in [0, 0.1) is 12.8 Å². The Labute approximate surface area is 130 Å². The molecule has 1 amide bonds. The third kappa shape index (κ3) is 5.62. The number of benzene rings is 1. The van der Waals surface area contributed by atoms with E-state index < -0.39 is 10.8 Å². The van der Waals surface area contributed by atoms with E-state index in [1.165, 1.54) is 12.8 Å². The fourth-order valence-corrected chi connectivity index (χ4v) is 3.89. The van der Waals surface area contributed by atoms with Crippen LogP contribution in [0.4, 0.5) is 0 Å². The molecule has 0 aliphatic heterocycles. The van der Waals surface area contributed by atoms with E-state index in [1.807, 2.05) is 31.2 Å². The predicted molar refractivity (Wildman–Crippen MR) is 87.5 cm³/mol. The molecule has 1 aliphatic rings. The first-order valence-electron chi connectivity index (χ1n) is 7.73. The van der Waals surface area contributed by atoms with Gasteiger partial charge in [0, 0.05) is 22.6 Å². The molecule has 0 heterocycles. The first kappa shape index (κ1) is 16.2. The van der Waals surface area contributed by atoms with Crippen LogP contribution in [0.5, 0.6) is 0 Å². The van der Waals surface area contributed by atoms with Gasteiger partial charge in [0.1, 0.15) is 5.75 Å². The SMILES string of the molecule is Cc1cccc(CS(=O)CC(=O)NC2CCC(C)CC2)c1. The molecule has 1 atom stereocenters. The van der Waals surface area contributed by atoms with Crippen molar-refractivity contribution in [3.8, 4) is 0 Å². The van der Waals surface area contributed by atoms with Crippen molar-refractivity contribution in [2.75, 3.05) is 5.75 Å². The van der Waals surface area contributed by atoms with E-state index in [2.05, 4.69) is 12.2 Å². The lowest BCUT2D eigenvalue weighted by molar-refractivity contribution is -0.119. The van der Waals surface area contributed by atoms with Crippen LogP contribution in [0.25, 0.3) is 0 Å². The van der Waals surface area contributed by atoms with Crippen molar-refractivity contribution in [1.82, 2.24) is 5.32 Å². The van der Waals surface area contributed by atoms with E-state index in [9.17, 15) is 9.00 Å². The minimum Gasteiger partial charge on any atom is -0.353 e. The Morgan fingerprint density at radius 2 is 2.00 bits per heavy atom. The van der Waals surface area contributed by atoms with Gasteiger partial charge in [-0.15, -0.1) is 0 Å². The number of aryl methyl sites for hydroxylation is 1. The fraction of sp³-hybridized carbons (Fsp3) is 0.588. The molecule has 1 N–H and O–H groups in total. The summed E-state index contributed by atoms with van der Waals surface area (Å²) in [4.78, 5) is 12.0. The van der Waals surface area contributed by atoms with Gasteiger partial charge in [-0.25, -0.2) is 0 Å². The number of nitrogens with one attached hydrogen (secondary N) is 1. The standard InChI is InChI=1S/C17H25NO2S/c1-13-6-8-16(9-7-13)18-17(19)12-21(20)11-15-5-3-4-14(2)10-15/h3-5,10,13,16H,6-9,11-12H2,1-2H3,(H,18,19). The molecule has 0 bridgehead atoms. The summed E-state index contributed by atoms with van der Waals surface area (Å²) in [5.41, 5.74) is 2.19. The van der Waals surface area contributed by atoms with E-state index in [1.54, 1.807) is 0 Å². The highest BCUT2D eigenvalue weighted by Gasteiger charge is 2.20. The number of hydrogen-bond acceptors (Lipinski definition) is 2. The van der Waals surface area contributed by atoms with Gasteiger partial charge in [-0.3, -0.25) is 9.00 Å². The summed E-state index contributed by atoms with van der Waals surface area (Å²) in [5.74, 6) is 1.27. The molecule has 21 heavy (non-hydrogen) atoms. The van der Waals surface area contributed by atoms with E-state index in [4.69, 9.17) is 0 Å². The summed E-state index contributed by atoms with van der Waals surface area (Å²) in [6, 6.07) is 8.25. The maximum Gasteiger partial charge on any atom is 0.232 e. The first-order chi connectivity index (χ1) is 10.0. The van der Waals surface area contributed by atoms with E-state index in [0.717, 1.165) is 29.9 Å². The lowest BCUT2D eigenvalue weighted by atomic mass is 9.87. The molecule has 0 aromatic heterocycles. The maximum absolute atomic E-state index is 12.1. The second-order valence-corrected chi connectivity index (χ2v) is 7.70. The van der Waals surface area contributed by atoms with E-state index in [0.29, 0.717) is 5.75 Å². The Morgan fingerprint density at radius 3 is 2.67 bits per heavy atom. The van der Waals surface area contributed by atoms with Gasteiger partial charge in [0.05, 0.1) is 0 Å². The van der Waals surface area contributed by atoms with Crippen LogP contribution >= 0.6 is 0 Å². The van der Waals surface area contributed by atoms with Gasteiger partial charge in [0.2, 0.25) is 5.91 Å². The van der Waals surface area contributed by atoms with Crippen molar-refractivity contribution in [3.63, 3.8) is 0 Å². The summed E-state index contributed by atoms with van der Waals surface area (Å²) in [6.45, 7) is 4.28. The maximum atomic E-state index is 12.1. The van der Waals surface area contributed by atoms with Crippen LogP contribution in [0.3, 0.4) is 0 Å². The second kappa shape index (κ2) is 7.74. The Balaban J connectivity index is 1.76. The topological polar surface area (TPSA) is 46.2 Å². The zero-order valence-corrected chi connectivity index (χ0v) is 13.7. The van der Waals surface area contributed by atoms with Crippen molar-refractivity contribution < 1.29 is 9.00 Å². The average Bonchev–Trinajstić information content (AvgIpc) is 2.41. The van der Waals surface area contributed by atoms with Gasteiger partial charge in [-0.2, -0.15) is 0 Å². The highest BCUT2D eigenvalue weighted by atomic mass is 32.2. The monoisotopic (exact) mass is 307 g/mol. The molecular formula is C17H25NO2S. The van der Waals surface area contributed by atoms with Crippen molar-refractivity contribution in [2.24, 2.45) is 5.92 Å². The molecular weight excluding hydrogens is 282 g/mol. The van der Waals surface area contributed by atoms with Crippen LogP contribution in [-0.4, -0.2) is 21.9 Å². The quantitative estimate of drug-likeness (QED) is 0.909. The highest BCUT2D eigenvalue weighted by Crippen LogP contribution is 2.23. The number of hydrogen-bond donors (Lipinski definition) is 1. The second-order valence-electron chi connectivity index (χ2n) is 6.24. The zero-order chi connectivity index (χ0) is 15.2. The normalized spacial score (nSPS) is 23.5. The summed E-state index contributed by atoms with van der Waals surface area (Å²) >= 11 is 0. The van der Waals surface area contributed by atoms with Crippen LogP contribution in [-0.2, 0) is 21.3 Å². The molecule has 116 valence electrons. The molecule has 0 spiro atoms. The minimum absolute atomic E-state index is 0.0689. The number of rotatable bonds is 5. The van der Waals surface area contributed by atoms with Crippen LogP contribution in [0.15, 0.2) is 24.3 Å². The molecule has 4 heteroatoms. The van der Waals surface area contributed by atoms with Gasteiger partial charge in [0.15, 0.2) is 0 Å². The number of carbonyl (C=O) groups excluding carboxylic acids is 1. The van der Waals surface area contributed by atoms with E-state index >= 15 is 0 Å². The number of carbonyl (C=O) groups is 1. The van der Waals surface area contributed by atoms with Gasteiger partial charge >= 0.3 is 0 Å². The van der Waals surface area contributed by atoms with Crippen molar-refractivity contribution in [2.45, 2.75) is 51.3 Å². The molecule has 1 fully saturated rings. The Morgan fingerprint density at radius 1 is 1.29 bits per heavy atom. The lowest BCUT2D eigenvalue weighted by Gasteiger charge is -2.26. The average molecular weight is 307 g/mol. The Hall–Kier alpha value is -1.16. The van der Waals surface area contributed by atoms with Gasteiger partial charge < -0.3 is 5.32 Å². The van der Waals surface area contributed by atoms with Crippen LogP contribution in [0.2, 0.25) is 0 Å². The zero-order valence-electron chi connectivity index (χ0n) is 12.9. The Kier molecular flexibility index (Phi) is 5.97. The summed E-state index contributed by atoms with van der Waals surface area (Å²) in [6.07, 6.45) is 4.46. The Bertz CT molecular complexity index is 507. The summed E-state index contributed by atoms with van der Waals surface area (Å²) < 4.78 is 12.1. The summed E-state index contributed by atoms with van der Waals surface area (Å²) in [7, 11) is -1.13. The largest absolute Gasteiger partial charge is 0.353 e. The molecule has 2 rings (SSSR count). The molecule has 3 nitrogen and oxygen atoms in total. The van der Waals surface area contributed by atoms with Crippen molar-refractivity contribution >= 4 is 16.7 Å². The molecule has 0 saturated heterocycles. The third-order valence-corrected chi connectivity index (χ3v) is 5.32. The van der Waals surface area contributed by atoms with Crippen molar-refractivity contribution in [3.05, 3.63) is 35.4 Å². The smallest absolute Gasteiger partial charge is 0.232 e.